The molecule has 5 heteroatoms. The Hall–Kier alpha value is -0.710. The average Bonchev–Trinajstić information content (AvgIpc) is 1.94. The maximum Gasteiger partial charge on any atom is 0.455 e. The van der Waals surface area contributed by atoms with E-state index in [2.05, 4.69) is 4.74 Å². The largest absolute Gasteiger partial charge is 0.475 e. The van der Waals surface area contributed by atoms with E-state index in [1.165, 1.54) is 0 Å². The summed E-state index contributed by atoms with van der Waals surface area (Å²) in [5, 5.41) is 8.00. The molecule has 0 saturated heterocycles. The van der Waals surface area contributed by atoms with Crippen LogP contribution in [0.15, 0.2) is 0 Å². The van der Waals surface area contributed by atoms with Gasteiger partial charge in [-0.3, -0.25) is 0 Å². The molecule has 1 aliphatic carbocycles. The van der Waals surface area contributed by atoms with Gasteiger partial charge in [-0.05, 0) is 12.3 Å². The molecule has 0 unspecified atom stereocenters. The summed E-state index contributed by atoms with van der Waals surface area (Å²) in [4.78, 5) is 9.91. The highest BCUT2D eigenvalue weighted by molar-refractivity contribution is 5.73. The summed E-state index contributed by atoms with van der Waals surface area (Å²) in [6.07, 6.45) is -0.267. The predicted molar refractivity (Wildman–Crippen MR) is 40.5 cm³/mol. The molecule has 1 rings (SSSR count). The van der Waals surface area contributed by atoms with Crippen LogP contribution in [-0.2, 0) is 9.53 Å². The fourth-order valence-corrected chi connectivity index (χ4v) is 1.20. The van der Waals surface area contributed by atoms with Gasteiger partial charge in [-0.25, -0.2) is 4.79 Å². The van der Waals surface area contributed by atoms with E-state index in [0.717, 1.165) is 19.3 Å². The molecule has 0 radical (unpaired) electrons. The molecule has 13 heavy (non-hydrogen) atoms. The fourth-order valence-electron chi connectivity index (χ4n) is 1.20. The van der Waals surface area contributed by atoms with E-state index in [1.54, 1.807) is 0 Å². The van der Waals surface area contributed by atoms with Crippen molar-refractivity contribution in [1.82, 2.24) is 0 Å². The van der Waals surface area contributed by atoms with Gasteiger partial charge in [0.2, 0.25) is 0 Å². The van der Waals surface area contributed by atoms with Gasteiger partial charge in [-0.2, -0.15) is 8.78 Å². The molecule has 1 saturated carbocycles. The van der Waals surface area contributed by atoms with Crippen LogP contribution in [0, 0.1) is 5.92 Å². The van der Waals surface area contributed by atoms with Crippen molar-refractivity contribution in [2.24, 2.45) is 5.92 Å². The van der Waals surface area contributed by atoms with Crippen LogP contribution >= 0.6 is 0 Å². The molecular weight excluding hydrogens is 182 g/mol. The summed E-state index contributed by atoms with van der Waals surface area (Å²) in [6, 6.07) is 0. The number of carboxylic acids is 1. The predicted octanol–water partition coefficient (Wildman–Crippen LogP) is 1.87. The molecule has 1 N–H and O–H groups in total. The number of halogens is 2. The van der Waals surface area contributed by atoms with Crippen molar-refractivity contribution >= 4 is 5.97 Å². The number of ether oxygens (including phenoxy) is 1. The number of alkyl halides is 2. The van der Waals surface area contributed by atoms with Crippen LogP contribution in [0.1, 0.15) is 25.7 Å². The van der Waals surface area contributed by atoms with E-state index in [1.807, 2.05) is 0 Å². The number of carboxylic acid groups (broad SMARTS) is 1. The summed E-state index contributed by atoms with van der Waals surface area (Å²) < 4.78 is 28.6. The molecular formula is C8H12F2O3. The Balaban J connectivity index is 2.13. The Morgan fingerprint density at radius 3 is 2.54 bits per heavy atom. The number of rotatable bonds is 5. The highest BCUT2D eigenvalue weighted by atomic mass is 19.3. The van der Waals surface area contributed by atoms with Gasteiger partial charge in [0.1, 0.15) is 0 Å². The summed E-state index contributed by atoms with van der Waals surface area (Å²) in [7, 11) is 0. The van der Waals surface area contributed by atoms with Crippen LogP contribution in [0.25, 0.3) is 0 Å². The van der Waals surface area contributed by atoms with E-state index in [0.29, 0.717) is 12.3 Å². The molecule has 0 spiro atoms. The lowest BCUT2D eigenvalue weighted by Crippen LogP contribution is -2.32. The smallest absolute Gasteiger partial charge is 0.455 e. The quantitative estimate of drug-likeness (QED) is 0.726. The maximum atomic E-state index is 12.3. The second-order valence-electron chi connectivity index (χ2n) is 3.26. The third-order valence-electron chi connectivity index (χ3n) is 2.28. The van der Waals surface area contributed by atoms with Gasteiger partial charge in [0.15, 0.2) is 0 Å². The molecule has 1 aliphatic rings. The normalized spacial score (nSPS) is 18.3. The molecule has 0 aromatic rings. The molecule has 0 bridgehead atoms. The second kappa shape index (κ2) is 4.00. The first-order valence-corrected chi connectivity index (χ1v) is 4.27. The van der Waals surface area contributed by atoms with Crippen LogP contribution < -0.4 is 0 Å². The van der Waals surface area contributed by atoms with Crippen molar-refractivity contribution in [1.29, 1.82) is 0 Å². The summed E-state index contributed by atoms with van der Waals surface area (Å²) in [5.41, 5.74) is 0. The summed E-state index contributed by atoms with van der Waals surface area (Å²) in [6.45, 7) is -0.177. The van der Waals surface area contributed by atoms with Gasteiger partial charge >= 0.3 is 12.1 Å². The van der Waals surface area contributed by atoms with Crippen LogP contribution in [0.5, 0.6) is 0 Å². The standard InChI is InChI=1S/C8H12F2O3/c9-8(10,7(11)12)13-5-4-6-2-1-3-6/h6H,1-5H2,(H,11,12). The second-order valence-corrected chi connectivity index (χ2v) is 3.26. The minimum atomic E-state index is -4.02. The zero-order chi connectivity index (χ0) is 9.90. The SMILES string of the molecule is O=C(O)C(F)(F)OCCC1CCC1. The summed E-state index contributed by atoms with van der Waals surface area (Å²) in [5.74, 6) is -1.77. The van der Waals surface area contributed by atoms with Crippen molar-refractivity contribution in [2.75, 3.05) is 6.61 Å². The monoisotopic (exact) mass is 194 g/mol. The first kappa shape index (κ1) is 10.4. The van der Waals surface area contributed by atoms with Gasteiger partial charge in [0.25, 0.3) is 0 Å². The minimum Gasteiger partial charge on any atom is -0.475 e. The van der Waals surface area contributed by atoms with Gasteiger partial charge in [-0.1, -0.05) is 19.3 Å². The molecule has 0 aromatic carbocycles. The van der Waals surface area contributed by atoms with E-state index in [-0.39, 0.29) is 6.61 Å². The van der Waals surface area contributed by atoms with Gasteiger partial charge in [-0.15, -0.1) is 0 Å². The lowest BCUT2D eigenvalue weighted by molar-refractivity contribution is -0.246. The Bertz CT molecular complexity index is 190. The lowest BCUT2D eigenvalue weighted by atomic mass is 9.83. The highest BCUT2D eigenvalue weighted by Crippen LogP contribution is 2.30. The van der Waals surface area contributed by atoms with Gasteiger partial charge < -0.3 is 9.84 Å². The molecule has 76 valence electrons. The average molecular weight is 194 g/mol. The zero-order valence-electron chi connectivity index (χ0n) is 7.13. The third kappa shape index (κ3) is 2.91. The summed E-state index contributed by atoms with van der Waals surface area (Å²) >= 11 is 0. The Morgan fingerprint density at radius 2 is 2.15 bits per heavy atom. The van der Waals surface area contributed by atoms with Crippen molar-refractivity contribution < 1.29 is 23.4 Å². The van der Waals surface area contributed by atoms with E-state index in [4.69, 9.17) is 5.11 Å². The van der Waals surface area contributed by atoms with Crippen molar-refractivity contribution in [3.05, 3.63) is 0 Å². The topological polar surface area (TPSA) is 46.5 Å². The Kier molecular flexibility index (Phi) is 3.19. The third-order valence-corrected chi connectivity index (χ3v) is 2.28. The maximum absolute atomic E-state index is 12.3. The highest BCUT2D eigenvalue weighted by Gasteiger charge is 2.40. The number of aliphatic carboxylic acids is 1. The molecule has 0 aromatic heterocycles. The van der Waals surface area contributed by atoms with Crippen molar-refractivity contribution in [3.8, 4) is 0 Å². The van der Waals surface area contributed by atoms with Crippen LogP contribution in [0.2, 0.25) is 0 Å². The number of hydrogen-bond donors (Lipinski definition) is 1. The van der Waals surface area contributed by atoms with Crippen molar-refractivity contribution in [2.45, 2.75) is 31.8 Å². The molecule has 3 nitrogen and oxygen atoms in total. The zero-order valence-corrected chi connectivity index (χ0v) is 7.13. The lowest BCUT2D eigenvalue weighted by Gasteiger charge is -2.25. The van der Waals surface area contributed by atoms with Crippen molar-refractivity contribution in [3.63, 3.8) is 0 Å². The fraction of sp³-hybridized carbons (Fsp3) is 0.875. The Labute approximate surface area is 74.7 Å². The number of hydrogen-bond acceptors (Lipinski definition) is 2. The first-order valence-electron chi connectivity index (χ1n) is 4.27. The molecule has 1 fully saturated rings. The molecule has 0 heterocycles. The first-order chi connectivity index (χ1) is 6.02. The van der Waals surface area contributed by atoms with Gasteiger partial charge in [0.05, 0.1) is 6.61 Å². The van der Waals surface area contributed by atoms with E-state index >= 15 is 0 Å². The molecule has 0 aliphatic heterocycles. The minimum absolute atomic E-state index is 0.177. The van der Waals surface area contributed by atoms with Crippen LogP contribution in [0.3, 0.4) is 0 Å². The number of carbonyl (C=O) groups is 1. The van der Waals surface area contributed by atoms with Crippen LogP contribution in [0.4, 0.5) is 8.78 Å². The Morgan fingerprint density at radius 1 is 1.54 bits per heavy atom. The van der Waals surface area contributed by atoms with Crippen LogP contribution in [-0.4, -0.2) is 23.8 Å². The molecule has 0 amide bonds. The van der Waals surface area contributed by atoms with E-state index < -0.39 is 12.1 Å². The van der Waals surface area contributed by atoms with E-state index in [9.17, 15) is 13.6 Å². The molecule has 0 atom stereocenters. The van der Waals surface area contributed by atoms with Gasteiger partial charge in [0, 0.05) is 0 Å².